The van der Waals surface area contributed by atoms with Crippen molar-refractivity contribution in [3.8, 4) is 6.07 Å². The van der Waals surface area contributed by atoms with Gasteiger partial charge in [0.25, 0.3) is 0 Å². The summed E-state index contributed by atoms with van der Waals surface area (Å²) in [7, 11) is 0. The Balaban J connectivity index is 2.29. The van der Waals surface area contributed by atoms with E-state index in [-0.39, 0.29) is 0 Å². The van der Waals surface area contributed by atoms with Gasteiger partial charge < -0.3 is 5.11 Å². The van der Waals surface area contributed by atoms with Crippen molar-refractivity contribution in [1.82, 2.24) is 0 Å². The standard InChI is InChI=1S/C15H17Br2NO/c1-2-10-5-6-15(8-10,9-18)14(19)11-3-4-12(16)13(17)7-11/h3-4,7,10,14,19H,2,5-6,8H2,1H3. The Bertz CT molecular complexity index is 511. The molecule has 1 aliphatic rings. The van der Waals surface area contributed by atoms with Crippen molar-refractivity contribution in [2.75, 3.05) is 0 Å². The molecule has 0 amide bonds. The number of nitrogens with zero attached hydrogens (tertiary/aromatic N) is 1. The zero-order valence-electron chi connectivity index (χ0n) is 10.9. The van der Waals surface area contributed by atoms with Crippen LogP contribution in [0.5, 0.6) is 0 Å². The van der Waals surface area contributed by atoms with Crippen molar-refractivity contribution in [3.63, 3.8) is 0 Å². The first-order valence-corrected chi connectivity index (χ1v) is 8.15. The van der Waals surface area contributed by atoms with Gasteiger partial charge >= 0.3 is 0 Å². The molecule has 0 radical (unpaired) electrons. The maximum Gasteiger partial charge on any atom is 0.0976 e. The number of aliphatic hydroxyl groups is 1. The maximum absolute atomic E-state index is 10.6. The molecule has 3 atom stereocenters. The zero-order valence-corrected chi connectivity index (χ0v) is 14.0. The second-order valence-electron chi connectivity index (χ2n) is 5.36. The smallest absolute Gasteiger partial charge is 0.0976 e. The van der Waals surface area contributed by atoms with Crippen molar-refractivity contribution in [2.45, 2.75) is 38.7 Å². The van der Waals surface area contributed by atoms with Gasteiger partial charge in [-0.15, -0.1) is 0 Å². The summed E-state index contributed by atoms with van der Waals surface area (Å²) in [6.07, 6.45) is 3.00. The van der Waals surface area contributed by atoms with Gasteiger partial charge in [-0.25, -0.2) is 0 Å². The number of halogens is 2. The molecule has 1 fully saturated rings. The van der Waals surface area contributed by atoms with Crippen LogP contribution in [0, 0.1) is 22.7 Å². The third-order valence-corrected chi connectivity index (χ3v) is 6.11. The first-order valence-electron chi connectivity index (χ1n) is 6.56. The zero-order chi connectivity index (χ0) is 14.0. The topological polar surface area (TPSA) is 44.0 Å². The molecule has 1 aromatic rings. The lowest BCUT2D eigenvalue weighted by Crippen LogP contribution is -2.24. The van der Waals surface area contributed by atoms with Crippen LogP contribution in [0.1, 0.15) is 44.3 Å². The summed E-state index contributed by atoms with van der Waals surface area (Å²) in [6.45, 7) is 2.15. The predicted molar refractivity (Wildman–Crippen MR) is 82.5 cm³/mol. The Labute approximate surface area is 131 Å². The molecule has 102 valence electrons. The lowest BCUT2D eigenvalue weighted by molar-refractivity contribution is 0.0640. The van der Waals surface area contributed by atoms with E-state index in [1.165, 1.54) is 0 Å². The molecular formula is C15H17Br2NO. The van der Waals surface area contributed by atoms with Gasteiger partial charge in [-0.2, -0.15) is 5.26 Å². The van der Waals surface area contributed by atoms with Gasteiger partial charge in [0.1, 0.15) is 0 Å². The van der Waals surface area contributed by atoms with Gasteiger partial charge in [0.2, 0.25) is 0 Å². The predicted octanol–water partition coefficient (Wildman–Crippen LogP) is 4.97. The van der Waals surface area contributed by atoms with E-state index in [1.54, 1.807) is 0 Å². The van der Waals surface area contributed by atoms with Crippen LogP contribution < -0.4 is 0 Å². The van der Waals surface area contributed by atoms with Gasteiger partial charge in [-0.3, -0.25) is 0 Å². The van der Waals surface area contributed by atoms with Crippen LogP contribution in [-0.2, 0) is 0 Å². The van der Waals surface area contributed by atoms with E-state index in [0.717, 1.165) is 40.2 Å². The Kier molecular flexibility index (Phi) is 4.70. The van der Waals surface area contributed by atoms with Crippen LogP contribution in [-0.4, -0.2) is 5.11 Å². The summed E-state index contributed by atoms with van der Waals surface area (Å²) >= 11 is 6.87. The highest BCUT2D eigenvalue weighted by Gasteiger charge is 2.45. The first-order chi connectivity index (χ1) is 9.02. The molecule has 0 heterocycles. The maximum atomic E-state index is 10.6. The van der Waals surface area contributed by atoms with E-state index in [1.807, 2.05) is 18.2 Å². The Morgan fingerprint density at radius 1 is 1.47 bits per heavy atom. The van der Waals surface area contributed by atoms with Crippen LogP contribution in [0.15, 0.2) is 27.1 Å². The molecule has 1 aromatic carbocycles. The molecule has 3 unspecified atom stereocenters. The molecule has 0 spiro atoms. The monoisotopic (exact) mass is 385 g/mol. The van der Waals surface area contributed by atoms with Crippen molar-refractivity contribution < 1.29 is 5.11 Å². The summed E-state index contributed by atoms with van der Waals surface area (Å²) < 4.78 is 1.86. The van der Waals surface area contributed by atoms with Gasteiger partial charge in [0.05, 0.1) is 17.6 Å². The Morgan fingerprint density at radius 3 is 2.74 bits per heavy atom. The highest BCUT2D eigenvalue weighted by molar-refractivity contribution is 9.13. The van der Waals surface area contributed by atoms with Gasteiger partial charge in [0, 0.05) is 8.95 Å². The largest absolute Gasteiger partial charge is 0.387 e. The molecule has 0 bridgehead atoms. The minimum absolute atomic E-state index is 0.563. The second kappa shape index (κ2) is 5.95. The quantitative estimate of drug-likeness (QED) is 0.797. The van der Waals surface area contributed by atoms with E-state index < -0.39 is 11.5 Å². The molecule has 0 aromatic heterocycles. The molecule has 4 heteroatoms. The number of nitriles is 1. The van der Waals surface area contributed by atoms with E-state index in [0.29, 0.717) is 5.92 Å². The highest BCUT2D eigenvalue weighted by Crippen LogP contribution is 2.50. The third-order valence-electron chi connectivity index (χ3n) is 4.23. The fraction of sp³-hybridized carbons (Fsp3) is 0.533. The molecule has 2 rings (SSSR count). The molecule has 0 saturated heterocycles. The van der Waals surface area contributed by atoms with Gasteiger partial charge in [0.15, 0.2) is 0 Å². The van der Waals surface area contributed by atoms with E-state index >= 15 is 0 Å². The van der Waals surface area contributed by atoms with Crippen LogP contribution in [0.2, 0.25) is 0 Å². The molecule has 1 aliphatic carbocycles. The normalized spacial score (nSPS) is 28.1. The van der Waals surface area contributed by atoms with Crippen molar-refractivity contribution in [2.24, 2.45) is 11.3 Å². The van der Waals surface area contributed by atoms with Gasteiger partial charge in [-0.1, -0.05) is 19.4 Å². The van der Waals surface area contributed by atoms with Crippen LogP contribution in [0.3, 0.4) is 0 Å². The molecule has 2 nitrogen and oxygen atoms in total. The molecule has 0 aliphatic heterocycles. The van der Waals surface area contributed by atoms with E-state index in [4.69, 9.17) is 0 Å². The minimum Gasteiger partial charge on any atom is -0.387 e. The number of rotatable bonds is 3. The summed E-state index contributed by atoms with van der Waals surface area (Å²) in [5.41, 5.74) is 0.196. The lowest BCUT2D eigenvalue weighted by Gasteiger charge is -2.28. The summed E-state index contributed by atoms with van der Waals surface area (Å²) in [4.78, 5) is 0. The van der Waals surface area contributed by atoms with Crippen molar-refractivity contribution in [1.29, 1.82) is 5.26 Å². The van der Waals surface area contributed by atoms with Gasteiger partial charge in [-0.05, 0) is 74.7 Å². The van der Waals surface area contributed by atoms with Crippen LogP contribution in [0.25, 0.3) is 0 Å². The van der Waals surface area contributed by atoms with E-state index in [9.17, 15) is 10.4 Å². The van der Waals surface area contributed by atoms with Crippen molar-refractivity contribution in [3.05, 3.63) is 32.7 Å². The molecule has 19 heavy (non-hydrogen) atoms. The SMILES string of the molecule is CCC1CCC(C#N)(C(O)c2ccc(Br)c(Br)c2)C1. The number of aliphatic hydroxyl groups excluding tert-OH is 1. The van der Waals surface area contributed by atoms with Crippen LogP contribution >= 0.6 is 31.9 Å². The summed E-state index contributed by atoms with van der Waals surface area (Å²) in [5.74, 6) is 0.563. The average Bonchev–Trinajstić information content (AvgIpc) is 2.86. The number of hydrogen-bond acceptors (Lipinski definition) is 2. The molecular weight excluding hydrogens is 370 g/mol. The molecule has 1 N–H and O–H groups in total. The van der Waals surface area contributed by atoms with Crippen molar-refractivity contribution >= 4 is 31.9 Å². The van der Waals surface area contributed by atoms with Crippen LogP contribution in [0.4, 0.5) is 0 Å². The Morgan fingerprint density at radius 2 is 2.21 bits per heavy atom. The average molecular weight is 387 g/mol. The number of benzene rings is 1. The highest BCUT2D eigenvalue weighted by atomic mass is 79.9. The third kappa shape index (κ3) is 2.89. The Hall–Kier alpha value is -0.370. The lowest BCUT2D eigenvalue weighted by atomic mass is 9.78. The minimum atomic E-state index is -0.710. The fourth-order valence-electron chi connectivity index (χ4n) is 2.94. The number of hydrogen-bond donors (Lipinski definition) is 1. The summed E-state index contributed by atoms with van der Waals surface area (Å²) in [6, 6.07) is 8.08. The first kappa shape index (κ1) is 15.0. The molecule has 1 saturated carbocycles. The second-order valence-corrected chi connectivity index (χ2v) is 7.07. The van der Waals surface area contributed by atoms with E-state index in [2.05, 4.69) is 44.9 Å². The summed E-state index contributed by atoms with van der Waals surface area (Å²) in [5, 5.41) is 20.2. The fourth-order valence-corrected chi connectivity index (χ4v) is 3.59.